The molecule has 0 unspecified atom stereocenters. The molecule has 0 saturated heterocycles. The Morgan fingerprint density at radius 2 is 2.16 bits per heavy atom. The van der Waals surface area contributed by atoms with Crippen molar-refractivity contribution in [3.8, 4) is 0 Å². The van der Waals surface area contributed by atoms with Gasteiger partial charge in [-0.1, -0.05) is 13.8 Å². The molecule has 108 valence electrons. The molecule has 0 aliphatic heterocycles. The Morgan fingerprint density at radius 3 is 2.68 bits per heavy atom. The lowest BCUT2D eigenvalue weighted by atomic mass is 10.1. The first-order chi connectivity index (χ1) is 8.96. The van der Waals surface area contributed by atoms with Gasteiger partial charge in [-0.15, -0.1) is 22.9 Å². The molecule has 0 amide bonds. The Morgan fingerprint density at radius 1 is 1.47 bits per heavy atom. The highest BCUT2D eigenvalue weighted by Gasteiger charge is 2.38. The Balaban J connectivity index is 2.24. The molecule has 1 saturated carbocycles. The quantitative estimate of drug-likeness (QED) is 0.718. The molecule has 0 N–H and O–H groups in total. The van der Waals surface area contributed by atoms with Gasteiger partial charge in [-0.25, -0.2) is 8.42 Å². The number of alkyl halides is 1. The van der Waals surface area contributed by atoms with Crippen molar-refractivity contribution in [2.24, 2.45) is 5.92 Å². The summed E-state index contributed by atoms with van der Waals surface area (Å²) in [5.41, 5.74) is 0. The molecule has 0 bridgehead atoms. The summed E-state index contributed by atoms with van der Waals surface area (Å²) < 4.78 is 27.2. The van der Waals surface area contributed by atoms with Crippen LogP contribution >= 0.6 is 22.9 Å². The van der Waals surface area contributed by atoms with Gasteiger partial charge in [0.15, 0.2) is 0 Å². The molecule has 1 heterocycles. The van der Waals surface area contributed by atoms with Gasteiger partial charge in [0.25, 0.3) is 0 Å². The summed E-state index contributed by atoms with van der Waals surface area (Å²) in [6.45, 7) is 4.85. The van der Waals surface area contributed by atoms with Gasteiger partial charge in [0, 0.05) is 17.5 Å². The number of nitrogens with zero attached hydrogens (tertiary/aromatic N) is 1. The monoisotopic (exact) mass is 321 g/mol. The van der Waals surface area contributed by atoms with Crippen molar-refractivity contribution in [3.63, 3.8) is 0 Å². The Bertz CT molecular complexity index is 521. The van der Waals surface area contributed by atoms with E-state index in [1.165, 1.54) is 11.3 Å². The van der Waals surface area contributed by atoms with E-state index in [4.69, 9.17) is 11.6 Å². The molecule has 6 heteroatoms. The third kappa shape index (κ3) is 3.51. The molecular weight excluding hydrogens is 302 g/mol. The largest absolute Gasteiger partial charge is 0.244 e. The average Bonchev–Trinajstić information content (AvgIpc) is 3.04. The molecule has 2 rings (SSSR count). The summed E-state index contributed by atoms with van der Waals surface area (Å²) in [5.74, 6) is 0.765. The van der Waals surface area contributed by atoms with Crippen LogP contribution < -0.4 is 0 Å². The number of hydrogen-bond acceptors (Lipinski definition) is 3. The van der Waals surface area contributed by atoms with Crippen LogP contribution in [-0.4, -0.2) is 25.3 Å². The molecule has 0 aromatic carbocycles. The lowest BCUT2D eigenvalue weighted by molar-refractivity contribution is 0.373. The standard InChI is InChI=1S/C13H20ClNO2S2/c1-10(2)5-7-15(11-3-4-11)19(16,17)13-6-8-18-12(13)9-14/h6,8,10-11H,3-5,7,9H2,1-2H3. The molecule has 1 aromatic rings. The molecule has 3 nitrogen and oxygen atoms in total. The van der Waals surface area contributed by atoms with Crippen LogP contribution in [0.1, 0.15) is 38.0 Å². The van der Waals surface area contributed by atoms with Crippen LogP contribution in [0.5, 0.6) is 0 Å². The lowest BCUT2D eigenvalue weighted by Crippen LogP contribution is -2.34. The zero-order valence-corrected chi connectivity index (χ0v) is 13.7. The van der Waals surface area contributed by atoms with E-state index in [1.54, 1.807) is 15.8 Å². The first-order valence-corrected chi connectivity index (χ1v) is 9.46. The van der Waals surface area contributed by atoms with Crippen LogP contribution in [0.3, 0.4) is 0 Å². The molecule has 19 heavy (non-hydrogen) atoms. The van der Waals surface area contributed by atoms with Crippen LogP contribution in [0.15, 0.2) is 16.3 Å². The van der Waals surface area contributed by atoms with Crippen LogP contribution in [0.2, 0.25) is 0 Å². The Kier molecular flexibility index (Phi) is 4.93. The molecule has 1 aliphatic carbocycles. The summed E-state index contributed by atoms with van der Waals surface area (Å²) in [6.07, 6.45) is 2.87. The van der Waals surface area contributed by atoms with E-state index in [-0.39, 0.29) is 11.9 Å². The van der Waals surface area contributed by atoms with Gasteiger partial charge < -0.3 is 0 Å². The molecule has 1 aliphatic rings. The fraction of sp³-hybridized carbons (Fsp3) is 0.692. The third-order valence-electron chi connectivity index (χ3n) is 3.29. The van der Waals surface area contributed by atoms with Crippen molar-refractivity contribution in [2.75, 3.05) is 6.54 Å². The maximum atomic E-state index is 12.7. The smallest absolute Gasteiger partial charge is 0.207 e. The van der Waals surface area contributed by atoms with Crippen LogP contribution in [-0.2, 0) is 15.9 Å². The predicted octanol–water partition coefficient (Wildman–Crippen LogP) is 3.69. The minimum Gasteiger partial charge on any atom is -0.207 e. The molecule has 0 atom stereocenters. The number of thiophene rings is 1. The van der Waals surface area contributed by atoms with E-state index in [1.807, 2.05) is 0 Å². The van der Waals surface area contributed by atoms with Crippen molar-refractivity contribution >= 4 is 33.0 Å². The summed E-state index contributed by atoms with van der Waals surface area (Å²) in [7, 11) is -3.37. The fourth-order valence-electron chi connectivity index (χ4n) is 2.03. The predicted molar refractivity (Wildman–Crippen MR) is 80.2 cm³/mol. The summed E-state index contributed by atoms with van der Waals surface area (Å²) >= 11 is 7.25. The minimum atomic E-state index is -3.37. The van der Waals surface area contributed by atoms with Crippen molar-refractivity contribution < 1.29 is 8.42 Å². The normalized spacial score (nSPS) is 16.5. The molecular formula is C13H20ClNO2S2. The van der Waals surface area contributed by atoms with Gasteiger partial charge >= 0.3 is 0 Å². The third-order valence-corrected chi connectivity index (χ3v) is 6.81. The number of hydrogen-bond donors (Lipinski definition) is 0. The number of rotatable bonds is 7. The van der Waals surface area contributed by atoms with E-state index in [9.17, 15) is 8.42 Å². The zero-order valence-electron chi connectivity index (χ0n) is 11.3. The molecule has 0 radical (unpaired) electrons. The Hall–Kier alpha value is -0.100. The maximum Gasteiger partial charge on any atom is 0.244 e. The van der Waals surface area contributed by atoms with E-state index in [2.05, 4.69) is 13.8 Å². The zero-order chi connectivity index (χ0) is 14.0. The highest BCUT2D eigenvalue weighted by molar-refractivity contribution is 7.89. The topological polar surface area (TPSA) is 37.4 Å². The lowest BCUT2D eigenvalue weighted by Gasteiger charge is -2.22. The van der Waals surface area contributed by atoms with Gasteiger partial charge in [-0.3, -0.25) is 0 Å². The van der Waals surface area contributed by atoms with Crippen molar-refractivity contribution in [2.45, 2.75) is 49.9 Å². The summed E-state index contributed by atoms with van der Waals surface area (Å²) in [6, 6.07) is 1.88. The second kappa shape index (κ2) is 6.12. The van der Waals surface area contributed by atoms with Gasteiger partial charge in [-0.05, 0) is 36.6 Å². The van der Waals surface area contributed by atoms with Crippen molar-refractivity contribution in [1.29, 1.82) is 0 Å². The number of halogens is 1. The molecule has 1 aromatic heterocycles. The van der Waals surface area contributed by atoms with Crippen molar-refractivity contribution in [1.82, 2.24) is 4.31 Å². The molecule has 0 spiro atoms. The van der Waals surface area contributed by atoms with Gasteiger partial charge in [0.2, 0.25) is 10.0 Å². The second-order valence-electron chi connectivity index (χ2n) is 5.37. The average molecular weight is 322 g/mol. The summed E-state index contributed by atoms with van der Waals surface area (Å²) in [5, 5.41) is 1.80. The van der Waals surface area contributed by atoms with Crippen LogP contribution in [0.25, 0.3) is 0 Å². The van der Waals surface area contributed by atoms with Crippen LogP contribution in [0, 0.1) is 5.92 Å². The van der Waals surface area contributed by atoms with Gasteiger partial charge in [0.1, 0.15) is 0 Å². The van der Waals surface area contributed by atoms with Crippen LogP contribution in [0.4, 0.5) is 0 Å². The number of sulfonamides is 1. The SMILES string of the molecule is CC(C)CCN(C1CC1)S(=O)(=O)c1ccsc1CCl. The van der Waals surface area contributed by atoms with E-state index < -0.39 is 10.0 Å². The minimum absolute atomic E-state index is 0.201. The van der Waals surface area contributed by atoms with Gasteiger partial charge in [-0.2, -0.15) is 4.31 Å². The maximum absolute atomic E-state index is 12.7. The second-order valence-corrected chi connectivity index (χ2v) is 8.50. The first-order valence-electron chi connectivity index (χ1n) is 6.61. The highest BCUT2D eigenvalue weighted by atomic mass is 35.5. The van der Waals surface area contributed by atoms with E-state index in [0.717, 1.165) is 24.1 Å². The van der Waals surface area contributed by atoms with Crippen molar-refractivity contribution in [3.05, 3.63) is 16.3 Å². The van der Waals surface area contributed by atoms with Gasteiger partial charge in [0.05, 0.1) is 10.8 Å². The van der Waals surface area contributed by atoms with E-state index >= 15 is 0 Å². The first kappa shape index (κ1) is 15.3. The fourth-order valence-corrected chi connectivity index (χ4v) is 5.41. The molecule has 1 fully saturated rings. The highest BCUT2D eigenvalue weighted by Crippen LogP contribution is 2.35. The van der Waals surface area contributed by atoms with E-state index in [0.29, 0.717) is 17.4 Å². The Labute approximate surface area is 124 Å². The summed E-state index contributed by atoms with van der Waals surface area (Å²) in [4.78, 5) is 1.15.